The average Bonchev–Trinajstić information content (AvgIpc) is 2.96. The minimum atomic E-state index is -3.74. The molecule has 0 aliphatic heterocycles. The molecule has 2 N–H and O–H groups in total. The van der Waals surface area contributed by atoms with E-state index in [0.29, 0.717) is 22.3 Å². The van der Waals surface area contributed by atoms with Gasteiger partial charge in [-0.3, -0.25) is 19.0 Å². The summed E-state index contributed by atoms with van der Waals surface area (Å²) in [6, 6.07) is 12.2. The van der Waals surface area contributed by atoms with E-state index in [1.54, 1.807) is 38.1 Å². The molecule has 0 fully saturated rings. The van der Waals surface area contributed by atoms with E-state index in [2.05, 4.69) is 9.44 Å². The summed E-state index contributed by atoms with van der Waals surface area (Å²) in [5, 5.41) is 0. The Morgan fingerprint density at radius 2 is 0.938 bits per heavy atom. The van der Waals surface area contributed by atoms with Crippen molar-refractivity contribution in [3.05, 3.63) is 127 Å². The average molecular weight is 707 g/mol. The van der Waals surface area contributed by atoms with Gasteiger partial charge < -0.3 is 9.13 Å². The van der Waals surface area contributed by atoms with E-state index in [-0.39, 0.29) is 35.3 Å². The zero-order valence-corrected chi connectivity index (χ0v) is 29.6. The lowest BCUT2D eigenvalue weighted by molar-refractivity contribution is 0.525. The maximum atomic E-state index is 14.1. The molecule has 0 spiro atoms. The number of anilines is 2. The van der Waals surface area contributed by atoms with Crippen LogP contribution in [0.5, 0.6) is 0 Å². The van der Waals surface area contributed by atoms with Crippen LogP contribution in [0, 0.1) is 25.5 Å². The predicted octanol–water partition coefficient (Wildman–Crippen LogP) is 3.28. The number of nitrogens with zero attached hydrogens (tertiary/aromatic N) is 4. The van der Waals surface area contributed by atoms with Gasteiger partial charge in [-0.1, -0.05) is 24.3 Å². The summed E-state index contributed by atoms with van der Waals surface area (Å²) in [4.78, 5) is 23.8. The lowest BCUT2D eigenvalue weighted by Crippen LogP contribution is -2.30. The second-order valence-electron chi connectivity index (χ2n) is 11.6. The SMILES string of the molecule is Cc1ccc(Cc2cc(=O)n(C)cc2NS(=O)(=O)N(C)C)c(F)c1.Cc1ccc(Cc2cc(=O)n(C)cc2NS(=O)(=O)N(C)C)c(F)c1. The fourth-order valence-corrected chi connectivity index (χ4v) is 5.56. The van der Waals surface area contributed by atoms with Gasteiger partial charge in [-0.25, -0.2) is 8.78 Å². The van der Waals surface area contributed by atoms with Crippen LogP contribution in [0.2, 0.25) is 0 Å². The highest BCUT2D eigenvalue weighted by Gasteiger charge is 2.19. The van der Waals surface area contributed by atoms with Crippen molar-refractivity contribution in [2.75, 3.05) is 37.6 Å². The summed E-state index contributed by atoms with van der Waals surface area (Å²) in [5.41, 5.74) is 3.05. The molecular formula is C32H40F2N6O6S2. The number of pyridine rings is 2. The van der Waals surface area contributed by atoms with Crippen molar-refractivity contribution in [1.29, 1.82) is 0 Å². The largest absolute Gasteiger partial charge is 0.316 e. The Kier molecular flexibility index (Phi) is 12.1. The van der Waals surface area contributed by atoms with Crippen LogP contribution in [0.3, 0.4) is 0 Å². The lowest BCUT2D eigenvalue weighted by Gasteiger charge is -2.17. The van der Waals surface area contributed by atoms with Gasteiger partial charge in [0.2, 0.25) is 0 Å². The van der Waals surface area contributed by atoms with Gasteiger partial charge in [-0.05, 0) is 59.4 Å². The molecule has 0 radical (unpaired) electrons. The molecule has 0 aliphatic carbocycles. The number of nitrogens with one attached hydrogen (secondary N) is 2. The van der Waals surface area contributed by atoms with E-state index in [1.807, 2.05) is 0 Å². The second-order valence-corrected chi connectivity index (χ2v) is 15.4. The normalized spacial score (nSPS) is 11.8. The monoisotopic (exact) mass is 706 g/mol. The van der Waals surface area contributed by atoms with Crippen molar-refractivity contribution in [3.8, 4) is 0 Å². The summed E-state index contributed by atoms with van der Waals surface area (Å²) in [6.45, 7) is 3.56. The Labute approximate surface area is 279 Å². The van der Waals surface area contributed by atoms with Gasteiger partial charge in [0.15, 0.2) is 0 Å². The van der Waals surface area contributed by atoms with E-state index in [4.69, 9.17) is 0 Å². The summed E-state index contributed by atoms with van der Waals surface area (Å²) >= 11 is 0. The number of rotatable bonds is 10. The topological polar surface area (TPSA) is 143 Å². The van der Waals surface area contributed by atoms with Gasteiger partial charge in [0, 0.05) is 79.7 Å². The fraction of sp³-hybridized carbons (Fsp3) is 0.312. The van der Waals surface area contributed by atoms with Crippen molar-refractivity contribution in [3.63, 3.8) is 0 Å². The van der Waals surface area contributed by atoms with Crippen LogP contribution in [0.4, 0.5) is 20.2 Å². The van der Waals surface area contributed by atoms with E-state index < -0.39 is 32.1 Å². The van der Waals surface area contributed by atoms with Gasteiger partial charge >= 0.3 is 20.4 Å². The lowest BCUT2D eigenvalue weighted by atomic mass is 10.0. The zero-order chi connectivity index (χ0) is 36.1. The summed E-state index contributed by atoms with van der Waals surface area (Å²) < 4.78 is 85.8. The third kappa shape index (κ3) is 9.82. The summed E-state index contributed by atoms with van der Waals surface area (Å²) in [7, 11) is 1.13. The molecule has 0 unspecified atom stereocenters. The molecule has 12 nitrogen and oxygen atoms in total. The van der Waals surface area contributed by atoms with Crippen molar-refractivity contribution in [1.82, 2.24) is 17.7 Å². The highest BCUT2D eigenvalue weighted by Crippen LogP contribution is 2.23. The molecule has 0 saturated heterocycles. The molecule has 4 rings (SSSR count). The molecule has 2 heterocycles. The molecule has 2 aromatic carbocycles. The maximum absolute atomic E-state index is 14.1. The molecule has 0 saturated carbocycles. The number of hydrogen-bond donors (Lipinski definition) is 2. The second kappa shape index (κ2) is 15.2. The molecule has 4 aromatic rings. The van der Waals surface area contributed by atoms with Crippen LogP contribution in [-0.4, -0.2) is 62.8 Å². The molecule has 0 bridgehead atoms. The molecule has 0 atom stereocenters. The van der Waals surface area contributed by atoms with Crippen molar-refractivity contribution in [2.45, 2.75) is 26.7 Å². The number of halogens is 2. The standard InChI is InChI=1S/2C16H20FN3O3S/c2*1-11-5-6-12(14(17)7-11)8-13-9-16(21)20(4)10-15(13)18-24(22,23)19(2)3/h2*5-7,9-10,18H,8H2,1-4H3. The van der Waals surface area contributed by atoms with E-state index in [9.17, 15) is 35.2 Å². The molecular weight excluding hydrogens is 667 g/mol. The maximum Gasteiger partial charge on any atom is 0.301 e. The van der Waals surface area contributed by atoms with Gasteiger partial charge in [0.25, 0.3) is 11.1 Å². The first kappa shape index (κ1) is 38.1. The summed E-state index contributed by atoms with van der Waals surface area (Å²) in [5.74, 6) is -0.783. The first-order chi connectivity index (χ1) is 22.2. The molecule has 16 heteroatoms. The highest BCUT2D eigenvalue weighted by atomic mass is 32.2. The van der Waals surface area contributed by atoms with Crippen LogP contribution in [0.15, 0.2) is 70.5 Å². The van der Waals surface area contributed by atoms with E-state index in [0.717, 1.165) is 19.7 Å². The predicted molar refractivity (Wildman–Crippen MR) is 184 cm³/mol. The summed E-state index contributed by atoms with van der Waals surface area (Å²) in [6.07, 6.45) is 3.00. The zero-order valence-electron chi connectivity index (χ0n) is 28.0. The van der Waals surface area contributed by atoms with Crippen LogP contribution >= 0.6 is 0 Å². The first-order valence-electron chi connectivity index (χ1n) is 14.5. The Morgan fingerprint density at radius 1 is 0.604 bits per heavy atom. The van der Waals surface area contributed by atoms with Crippen molar-refractivity contribution >= 4 is 31.8 Å². The van der Waals surface area contributed by atoms with Crippen molar-refractivity contribution < 1.29 is 25.6 Å². The molecule has 48 heavy (non-hydrogen) atoms. The molecule has 260 valence electrons. The number of hydrogen-bond acceptors (Lipinski definition) is 6. The van der Waals surface area contributed by atoms with Crippen molar-refractivity contribution in [2.24, 2.45) is 14.1 Å². The minimum Gasteiger partial charge on any atom is -0.316 e. The molecule has 2 aromatic heterocycles. The van der Waals surface area contributed by atoms with Gasteiger partial charge in [0.1, 0.15) is 11.6 Å². The third-order valence-corrected chi connectivity index (χ3v) is 10.1. The van der Waals surface area contributed by atoms with Gasteiger partial charge in [-0.2, -0.15) is 25.4 Å². The van der Waals surface area contributed by atoms with E-state index in [1.165, 1.54) is 88.1 Å². The number of benzene rings is 2. The minimum absolute atomic E-state index is 0.105. The van der Waals surface area contributed by atoms with Crippen LogP contribution in [-0.2, 0) is 47.4 Å². The van der Waals surface area contributed by atoms with Crippen LogP contribution in [0.1, 0.15) is 33.4 Å². The smallest absolute Gasteiger partial charge is 0.301 e. The Morgan fingerprint density at radius 3 is 1.23 bits per heavy atom. The fourth-order valence-electron chi connectivity index (χ4n) is 4.28. The molecule has 0 aliphatic rings. The number of aryl methyl sites for hydroxylation is 4. The van der Waals surface area contributed by atoms with Crippen LogP contribution in [0.25, 0.3) is 0 Å². The molecule has 0 amide bonds. The number of aromatic nitrogens is 2. The Balaban J connectivity index is 0.000000260. The van der Waals surface area contributed by atoms with Gasteiger partial charge in [-0.15, -0.1) is 0 Å². The van der Waals surface area contributed by atoms with Crippen LogP contribution < -0.4 is 20.6 Å². The highest BCUT2D eigenvalue weighted by molar-refractivity contribution is 7.90. The third-order valence-electron chi connectivity index (χ3n) is 7.25. The first-order valence-corrected chi connectivity index (χ1v) is 17.4. The quantitative estimate of drug-likeness (QED) is 0.259. The Bertz CT molecular complexity index is 1990. The van der Waals surface area contributed by atoms with E-state index >= 15 is 0 Å². The van der Waals surface area contributed by atoms with Gasteiger partial charge in [0.05, 0.1) is 11.4 Å². The Hall–Kier alpha value is -4.38.